The maximum atomic E-state index is 12.2. The molecule has 0 aliphatic heterocycles. The Kier molecular flexibility index (Phi) is 3.72. The van der Waals surface area contributed by atoms with Gasteiger partial charge < -0.3 is 5.32 Å². The number of nitrogens with zero attached hydrogens (tertiary/aromatic N) is 2. The van der Waals surface area contributed by atoms with Gasteiger partial charge in [0, 0.05) is 5.39 Å². The highest BCUT2D eigenvalue weighted by atomic mass is 32.1. The Bertz CT molecular complexity index is 913. The van der Waals surface area contributed by atoms with Gasteiger partial charge in [-0.05, 0) is 19.9 Å². The fourth-order valence-corrected chi connectivity index (χ4v) is 3.13. The van der Waals surface area contributed by atoms with Crippen molar-refractivity contribution >= 4 is 28.0 Å². The average molecular weight is 314 g/mol. The maximum absolute atomic E-state index is 12.2. The maximum Gasteiger partial charge on any atom is 0.272 e. The number of rotatable bonds is 3. The van der Waals surface area contributed by atoms with Crippen LogP contribution in [0.3, 0.4) is 0 Å². The van der Waals surface area contributed by atoms with E-state index in [9.17, 15) is 9.59 Å². The van der Waals surface area contributed by atoms with Crippen molar-refractivity contribution in [3.8, 4) is 0 Å². The number of H-pyrrole nitrogens is 1. The minimum atomic E-state index is -0.236. The summed E-state index contributed by atoms with van der Waals surface area (Å²) in [5.41, 5.74) is 1.11. The van der Waals surface area contributed by atoms with Crippen LogP contribution in [0, 0.1) is 13.8 Å². The zero-order valence-electron chi connectivity index (χ0n) is 12.1. The number of aryl methyl sites for hydroxylation is 2. The minimum Gasteiger partial charge on any atom is -0.346 e. The van der Waals surface area contributed by atoms with Gasteiger partial charge in [0.05, 0.1) is 28.3 Å². The molecule has 1 aromatic carbocycles. The van der Waals surface area contributed by atoms with Gasteiger partial charge in [-0.25, -0.2) is 10.1 Å². The highest BCUT2D eigenvalue weighted by Gasteiger charge is 2.14. The van der Waals surface area contributed by atoms with E-state index in [1.54, 1.807) is 12.1 Å². The summed E-state index contributed by atoms with van der Waals surface area (Å²) >= 11 is 1.36. The summed E-state index contributed by atoms with van der Waals surface area (Å²) in [6.07, 6.45) is 0. The molecule has 3 aromatic rings. The van der Waals surface area contributed by atoms with Gasteiger partial charge in [-0.1, -0.05) is 18.2 Å². The molecule has 0 aliphatic rings. The van der Waals surface area contributed by atoms with E-state index >= 15 is 0 Å². The van der Waals surface area contributed by atoms with Gasteiger partial charge in [-0.15, -0.1) is 11.3 Å². The molecule has 6 nitrogen and oxygen atoms in total. The summed E-state index contributed by atoms with van der Waals surface area (Å²) in [4.78, 5) is 28.8. The molecule has 2 heterocycles. The predicted molar refractivity (Wildman–Crippen MR) is 85.1 cm³/mol. The second-order valence-electron chi connectivity index (χ2n) is 4.88. The molecule has 0 bridgehead atoms. The van der Waals surface area contributed by atoms with Gasteiger partial charge in [0.25, 0.3) is 11.5 Å². The Morgan fingerprint density at radius 3 is 2.68 bits per heavy atom. The second-order valence-corrected chi connectivity index (χ2v) is 6.08. The first-order valence-electron chi connectivity index (χ1n) is 6.75. The summed E-state index contributed by atoms with van der Waals surface area (Å²) in [6.45, 7) is 3.92. The SMILES string of the molecule is Cc1nc(C)c(C(=O)NCc2n[nH]c(=O)c3ccccc23)s1. The van der Waals surface area contributed by atoms with Crippen molar-refractivity contribution in [3.05, 3.63) is 55.9 Å². The van der Waals surface area contributed by atoms with Gasteiger partial charge in [0.15, 0.2) is 0 Å². The number of carbonyl (C=O) groups is 1. The second kappa shape index (κ2) is 5.69. The summed E-state index contributed by atoms with van der Waals surface area (Å²) < 4.78 is 0. The zero-order chi connectivity index (χ0) is 15.7. The summed E-state index contributed by atoms with van der Waals surface area (Å²) in [7, 11) is 0. The van der Waals surface area contributed by atoms with Crippen molar-refractivity contribution in [1.29, 1.82) is 0 Å². The standard InChI is InChI=1S/C15H14N4O2S/c1-8-13(22-9(2)17-8)15(21)16-7-12-10-5-3-4-6-11(10)14(20)19-18-12/h3-6H,7H2,1-2H3,(H,16,21)(H,19,20). The Hall–Kier alpha value is -2.54. The average Bonchev–Trinajstić information content (AvgIpc) is 2.85. The topological polar surface area (TPSA) is 87.7 Å². The van der Waals surface area contributed by atoms with Crippen LogP contribution in [0.4, 0.5) is 0 Å². The Morgan fingerprint density at radius 2 is 2.00 bits per heavy atom. The summed E-state index contributed by atoms with van der Waals surface area (Å²) in [5.74, 6) is -0.180. The first-order chi connectivity index (χ1) is 10.6. The largest absolute Gasteiger partial charge is 0.346 e. The van der Waals surface area contributed by atoms with E-state index in [0.29, 0.717) is 16.0 Å². The number of fused-ring (bicyclic) bond motifs is 1. The van der Waals surface area contributed by atoms with Crippen LogP contribution in [0.2, 0.25) is 0 Å². The molecule has 22 heavy (non-hydrogen) atoms. The van der Waals surface area contributed by atoms with Crippen LogP contribution in [0.5, 0.6) is 0 Å². The molecule has 0 aliphatic carbocycles. The normalized spacial score (nSPS) is 10.8. The molecule has 1 amide bonds. The quantitative estimate of drug-likeness (QED) is 0.773. The van der Waals surface area contributed by atoms with E-state index in [4.69, 9.17) is 0 Å². The van der Waals surface area contributed by atoms with E-state index in [1.165, 1.54) is 11.3 Å². The third-order valence-electron chi connectivity index (χ3n) is 3.30. The smallest absolute Gasteiger partial charge is 0.272 e. The lowest BCUT2D eigenvalue weighted by Crippen LogP contribution is -2.24. The van der Waals surface area contributed by atoms with Crippen LogP contribution >= 0.6 is 11.3 Å². The third-order valence-corrected chi connectivity index (χ3v) is 4.37. The molecule has 2 aromatic heterocycles. The van der Waals surface area contributed by atoms with Crippen LogP contribution in [-0.4, -0.2) is 21.1 Å². The summed E-state index contributed by atoms with van der Waals surface area (Å²) in [5, 5.41) is 11.5. The fraction of sp³-hybridized carbons (Fsp3) is 0.200. The lowest BCUT2D eigenvalue weighted by Gasteiger charge is -2.06. The first-order valence-corrected chi connectivity index (χ1v) is 7.56. The number of hydrogen-bond acceptors (Lipinski definition) is 5. The van der Waals surface area contributed by atoms with Gasteiger partial charge >= 0.3 is 0 Å². The van der Waals surface area contributed by atoms with E-state index < -0.39 is 0 Å². The molecular weight excluding hydrogens is 300 g/mol. The molecule has 0 spiro atoms. The van der Waals surface area contributed by atoms with Crippen LogP contribution < -0.4 is 10.9 Å². The van der Waals surface area contributed by atoms with Crippen LogP contribution in [0.1, 0.15) is 26.1 Å². The van der Waals surface area contributed by atoms with Crippen LogP contribution in [-0.2, 0) is 6.54 Å². The number of hydrogen-bond donors (Lipinski definition) is 2. The van der Waals surface area contributed by atoms with Crippen molar-refractivity contribution in [1.82, 2.24) is 20.5 Å². The van der Waals surface area contributed by atoms with Crippen molar-refractivity contribution < 1.29 is 4.79 Å². The highest BCUT2D eigenvalue weighted by molar-refractivity contribution is 7.13. The molecule has 0 unspecified atom stereocenters. The fourth-order valence-electron chi connectivity index (χ4n) is 2.29. The molecule has 0 radical (unpaired) electrons. The molecule has 112 valence electrons. The van der Waals surface area contributed by atoms with Crippen molar-refractivity contribution in [2.24, 2.45) is 0 Å². The molecule has 3 rings (SSSR count). The number of amides is 1. The summed E-state index contributed by atoms with van der Waals surface area (Å²) in [6, 6.07) is 7.19. The van der Waals surface area contributed by atoms with Gasteiger partial charge in [-0.2, -0.15) is 5.10 Å². The van der Waals surface area contributed by atoms with Crippen molar-refractivity contribution in [3.63, 3.8) is 0 Å². The monoisotopic (exact) mass is 314 g/mol. The number of carbonyl (C=O) groups excluding carboxylic acids is 1. The van der Waals surface area contributed by atoms with E-state index in [2.05, 4.69) is 20.5 Å². The molecular formula is C15H14N4O2S. The number of aromatic amines is 1. The lowest BCUT2D eigenvalue weighted by molar-refractivity contribution is 0.0954. The van der Waals surface area contributed by atoms with Crippen LogP contribution in [0.15, 0.2) is 29.1 Å². The number of aromatic nitrogens is 3. The van der Waals surface area contributed by atoms with E-state index in [1.807, 2.05) is 26.0 Å². The minimum absolute atomic E-state index is 0.180. The first kappa shape index (κ1) is 14.4. The number of thiazole rings is 1. The zero-order valence-corrected chi connectivity index (χ0v) is 13.0. The Labute approximate surface area is 130 Å². The van der Waals surface area contributed by atoms with Gasteiger partial charge in [0.2, 0.25) is 0 Å². The molecule has 0 saturated carbocycles. The molecule has 0 fully saturated rings. The molecule has 7 heteroatoms. The van der Waals surface area contributed by atoms with Crippen LogP contribution in [0.25, 0.3) is 10.8 Å². The predicted octanol–water partition coefficient (Wildman–Crippen LogP) is 1.93. The third kappa shape index (κ3) is 2.62. The van der Waals surface area contributed by atoms with Crippen molar-refractivity contribution in [2.45, 2.75) is 20.4 Å². The van der Waals surface area contributed by atoms with E-state index in [-0.39, 0.29) is 18.0 Å². The number of benzene rings is 1. The molecule has 0 atom stereocenters. The Balaban J connectivity index is 1.86. The van der Waals surface area contributed by atoms with E-state index in [0.717, 1.165) is 16.1 Å². The van der Waals surface area contributed by atoms with Gasteiger partial charge in [0.1, 0.15) is 4.88 Å². The highest BCUT2D eigenvalue weighted by Crippen LogP contribution is 2.17. The molecule has 0 saturated heterocycles. The van der Waals surface area contributed by atoms with Gasteiger partial charge in [-0.3, -0.25) is 9.59 Å². The molecule has 2 N–H and O–H groups in total. The number of nitrogens with one attached hydrogen (secondary N) is 2. The van der Waals surface area contributed by atoms with Crippen molar-refractivity contribution in [2.75, 3.05) is 0 Å². The Morgan fingerprint density at radius 1 is 1.27 bits per heavy atom. The lowest BCUT2D eigenvalue weighted by atomic mass is 10.1.